The molecular weight excluding hydrogens is 398 g/mol. The number of hydrogen-bond donors (Lipinski definition) is 1. The lowest BCUT2D eigenvalue weighted by atomic mass is 10.2. The zero-order valence-electron chi connectivity index (χ0n) is 16.4. The summed E-state index contributed by atoms with van der Waals surface area (Å²) in [6.45, 7) is 5.54. The van der Waals surface area contributed by atoms with Gasteiger partial charge in [-0.25, -0.2) is 13.1 Å². The van der Waals surface area contributed by atoms with Crippen LogP contribution in [0.1, 0.15) is 30.8 Å². The Kier molecular flexibility index (Phi) is 6.83. The van der Waals surface area contributed by atoms with Gasteiger partial charge in [0.05, 0.1) is 24.2 Å². The van der Waals surface area contributed by atoms with Crippen LogP contribution in [0.5, 0.6) is 0 Å². The number of rotatable bonds is 9. The van der Waals surface area contributed by atoms with E-state index >= 15 is 0 Å². The molecule has 0 unspecified atom stereocenters. The fourth-order valence-corrected chi connectivity index (χ4v) is 4.57. The van der Waals surface area contributed by atoms with Gasteiger partial charge < -0.3 is 14.8 Å². The average molecular weight is 423 g/mol. The zero-order valence-corrected chi connectivity index (χ0v) is 17.3. The minimum atomic E-state index is -3.23. The number of aromatic nitrogens is 3. The zero-order chi connectivity index (χ0) is 20.9. The molecule has 1 aromatic heterocycles. The Hall–Kier alpha value is -2.50. The molecule has 0 bridgehead atoms. The highest BCUT2D eigenvalue weighted by atomic mass is 32.2. The van der Waals surface area contributed by atoms with E-state index < -0.39 is 22.2 Å². The first-order valence-electron chi connectivity index (χ1n) is 9.48. The molecule has 0 aliphatic carbocycles. The van der Waals surface area contributed by atoms with Crippen LogP contribution in [-0.2, 0) is 26.0 Å². The van der Waals surface area contributed by atoms with E-state index in [2.05, 4.69) is 15.6 Å². The Morgan fingerprint density at radius 2 is 1.90 bits per heavy atom. The van der Waals surface area contributed by atoms with Crippen LogP contribution >= 0.6 is 0 Å². The van der Waals surface area contributed by atoms with Gasteiger partial charge in [-0.05, 0) is 44.5 Å². The number of benzene rings is 1. The van der Waals surface area contributed by atoms with E-state index in [1.165, 1.54) is 15.2 Å². The van der Waals surface area contributed by atoms with Gasteiger partial charge in [-0.3, -0.25) is 9.10 Å². The molecule has 0 atom stereocenters. The Balaban J connectivity index is 1.61. The number of carbonyl (C=O) groups is 1. The van der Waals surface area contributed by atoms with Gasteiger partial charge in [0.1, 0.15) is 0 Å². The fraction of sp³-hybridized carbons (Fsp3) is 0.500. The molecule has 0 spiro atoms. The number of anilines is 2. The van der Waals surface area contributed by atoms with Crippen molar-refractivity contribution in [2.24, 2.45) is 0 Å². The molecule has 1 aliphatic heterocycles. The van der Waals surface area contributed by atoms with E-state index in [0.717, 1.165) is 0 Å². The topological polar surface area (TPSA) is 116 Å². The summed E-state index contributed by atoms with van der Waals surface area (Å²) >= 11 is 0. The Morgan fingerprint density at radius 1 is 1.21 bits per heavy atom. The number of hydrogen-bond acceptors (Lipinski definition) is 7. The maximum Gasteiger partial charge on any atom is 0.277 e. The normalized spacial score (nSPS) is 15.8. The molecule has 0 saturated carbocycles. The molecule has 3 rings (SSSR count). The van der Waals surface area contributed by atoms with E-state index in [9.17, 15) is 13.2 Å². The Bertz CT molecular complexity index is 922. The molecule has 1 aromatic carbocycles. The molecule has 1 amide bonds. The van der Waals surface area contributed by atoms with Gasteiger partial charge in [0.15, 0.2) is 12.0 Å². The Morgan fingerprint density at radius 3 is 2.48 bits per heavy atom. The number of nitrogens with one attached hydrogen (secondary N) is 1. The summed E-state index contributed by atoms with van der Waals surface area (Å²) in [4.78, 5) is 12.4. The van der Waals surface area contributed by atoms with Gasteiger partial charge in [0.25, 0.3) is 5.91 Å². The lowest BCUT2D eigenvalue weighted by molar-refractivity contribution is -0.145. The van der Waals surface area contributed by atoms with Crippen molar-refractivity contribution >= 4 is 27.3 Å². The minimum Gasteiger partial charge on any atom is -0.351 e. The summed E-state index contributed by atoms with van der Waals surface area (Å²) in [5.74, 6) is -0.253. The first-order valence-corrected chi connectivity index (χ1v) is 11.1. The van der Waals surface area contributed by atoms with Crippen molar-refractivity contribution < 1.29 is 22.7 Å². The fourth-order valence-electron chi connectivity index (χ4n) is 3.01. The van der Waals surface area contributed by atoms with Crippen LogP contribution < -0.4 is 9.62 Å². The smallest absolute Gasteiger partial charge is 0.277 e. The summed E-state index contributed by atoms with van der Waals surface area (Å²) in [6, 6.07) is 6.66. The van der Waals surface area contributed by atoms with Gasteiger partial charge in [-0.15, -0.1) is 5.10 Å². The quantitative estimate of drug-likeness (QED) is 0.607. The van der Waals surface area contributed by atoms with Crippen molar-refractivity contribution in [1.82, 2.24) is 15.0 Å². The standard InChI is InChI=1S/C18H25N5O5S/c1-3-27-17(28-4-2)13-22-12-16(20-21-22)18(24)19-14-6-8-15(9-7-14)23-10-5-11-29(23,25)26/h6-9,12,17H,3-5,10-11,13H2,1-2H3,(H,19,24). The van der Waals surface area contributed by atoms with Crippen LogP contribution in [0.15, 0.2) is 30.5 Å². The third kappa shape index (κ3) is 5.31. The highest BCUT2D eigenvalue weighted by Gasteiger charge is 2.28. The van der Waals surface area contributed by atoms with Gasteiger partial charge in [-0.1, -0.05) is 5.21 Å². The van der Waals surface area contributed by atoms with Crippen molar-refractivity contribution in [3.05, 3.63) is 36.2 Å². The van der Waals surface area contributed by atoms with Crippen LogP contribution in [-0.4, -0.2) is 61.1 Å². The van der Waals surface area contributed by atoms with Crippen LogP contribution in [0.2, 0.25) is 0 Å². The summed E-state index contributed by atoms with van der Waals surface area (Å²) < 4.78 is 37.8. The van der Waals surface area contributed by atoms with Crippen molar-refractivity contribution in [2.45, 2.75) is 33.1 Å². The molecule has 2 aromatic rings. The number of nitrogens with zero attached hydrogens (tertiary/aromatic N) is 4. The third-order valence-electron chi connectivity index (χ3n) is 4.32. The molecule has 1 N–H and O–H groups in total. The van der Waals surface area contributed by atoms with Crippen molar-refractivity contribution in [3.8, 4) is 0 Å². The summed E-state index contributed by atoms with van der Waals surface area (Å²) in [7, 11) is -3.23. The minimum absolute atomic E-state index is 0.156. The van der Waals surface area contributed by atoms with E-state index in [-0.39, 0.29) is 11.4 Å². The van der Waals surface area contributed by atoms with E-state index in [1.807, 2.05) is 13.8 Å². The van der Waals surface area contributed by atoms with E-state index in [1.54, 1.807) is 24.3 Å². The van der Waals surface area contributed by atoms with Gasteiger partial charge in [0, 0.05) is 25.4 Å². The number of ether oxygens (including phenoxy) is 2. The van der Waals surface area contributed by atoms with Crippen molar-refractivity contribution in [3.63, 3.8) is 0 Å². The largest absolute Gasteiger partial charge is 0.351 e. The molecule has 1 fully saturated rings. The molecule has 29 heavy (non-hydrogen) atoms. The summed E-state index contributed by atoms with van der Waals surface area (Å²) in [5.41, 5.74) is 1.28. The number of carbonyl (C=O) groups excluding carboxylic acids is 1. The molecule has 1 aliphatic rings. The monoisotopic (exact) mass is 423 g/mol. The van der Waals surface area contributed by atoms with Gasteiger partial charge >= 0.3 is 0 Å². The second-order valence-corrected chi connectivity index (χ2v) is 8.42. The lowest BCUT2D eigenvalue weighted by Gasteiger charge is -2.17. The molecule has 2 heterocycles. The SMILES string of the molecule is CCOC(Cn1cc(C(=O)Nc2ccc(N3CCCS3(=O)=O)cc2)nn1)OCC. The maximum absolute atomic E-state index is 12.4. The number of sulfonamides is 1. The molecule has 158 valence electrons. The molecular formula is C18H25N5O5S. The lowest BCUT2D eigenvalue weighted by Crippen LogP contribution is -2.25. The van der Waals surface area contributed by atoms with Gasteiger partial charge in [-0.2, -0.15) is 0 Å². The van der Waals surface area contributed by atoms with Gasteiger partial charge in [0.2, 0.25) is 10.0 Å². The van der Waals surface area contributed by atoms with Crippen LogP contribution in [0, 0.1) is 0 Å². The summed E-state index contributed by atoms with van der Waals surface area (Å²) in [5, 5.41) is 10.6. The van der Waals surface area contributed by atoms with Crippen molar-refractivity contribution in [1.29, 1.82) is 0 Å². The molecule has 11 heteroatoms. The second kappa shape index (κ2) is 9.33. The molecule has 1 saturated heterocycles. The van der Waals surface area contributed by atoms with E-state index in [0.29, 0.717) is 44.1 Å². The summed E-state index contributed by atoms with van der Waals surface area (Å²) in [6.07, 6.45) is 1.67. The second-order valence-electron chi connectivity index (χ2n) is 6.41. The highest BCUT2D eigenvalue weighted by Crippen LogP contribution is 2.25. The van der Waals surface area contributed by atoms with E-state index in [4.69, 9.17) is 9.47 Å². The predicted octanol–water partition coefficient (Wildman–Crippen LogP) is 1.47. The predicted molar refractivity (Wildman–Crippen MR) is 107 cm³/mol. The average Bonchev–Trinajstić information content (AvgIpc) is 3.29. The first kappa shape index (κ1) is 21.2. The van der Waals surface area contributed by atoms with Crippen molar-refractivity contribution in [2.75, 3.05) is 35.1 Å². The van der Waals surface area contributed by atoms with Crippen LogP contribution in [0.3, 0.4) is 0 Å². The maximum atomic E-state index is 12.4. The molecule has 0 radical (unpaired) electrons. The number of amides is 1. The highest BCUT2D eigenvalue weighted by molar-refractivity contribution is 7.93. The van der Waals surface area contributed by atoms with Crippen LogP contribution in [0.4, 0.5) is 11.4 Å². The third-order valence-corrected chi connectivity index (χ3v) is 6.19. The first-order chi connectivity index (χ1) is 13.9. The van der Waals surface area contributed by atoms with Crippen LogP contribution in [0.25, 0.3) is 0 Å². The Labute approximate surface area is 169 Å². The molecule has 10 nitrogen and oxygen atoms in total.